The van der Waals surface area contributed by atoms with E-state index in [4.69, 9.17) is 0 Å². The summed E-state index contributed by atoms with van der Waals surface area (Å²) in [5.74, 6) is 0.157. The van der Waals surface area contributed by atoms with E-state index >= 15 is 0 Å². The molecular weight excluding hydrogens is 298 g/mol. The number of H-pyrrole nitrogens is 1. The van der Waals surface area contributed by atoms with Crippen LogP contribution in [0.3, 0.4) is 0 Å². The number of likely N-dealkylation sites (tertiary alicyclic amines) is 1. The van der Waals surface area contributed by atoms with Crippen LogP contribution in [-0.2, 0) is 17.9 Å². The average Bonchev–Trinajstić information content (AvgIpc) is 3.16. The molecule has 0 aliphatic carbocycles. The molecule has 3 rings (SSSR count). The van der Waals surface area contributed by atoms with Crippen LogP contribution in [0.5, 0.6) is 0 Å². The molecule has 1 aliphatic heterocycles. The van der Waals surface area contributed by atoms with Gasteiger partial charge in [0.15, 0.2) is 5.65 Å². The van der Waals surface area contributed by atoms with Crippen LogP contribution in [0.1, 0.15) is 32.6 Å². The Balaban J connectivity index is 1.86. The second-order valence-electron chi connectivity index (χ2n) is 5.83. The highest BCUT2D eigenvalue weighted by Crippen LogP contribution is 2.10. The van der Waals surface area contributed by atoms with Gasteiger partial charge in [0.05, 0.1) is 6.33 Å². The zero-order valence-electron chi connectivity index (χ0n) is 13.2. The maximum absolute atomic E-state index is 12.6. The van der Waals surface area contributed by atoms with Crippen molar-refractivity contribution in [2.24, 2.45) is 0 Å². The number of aromatic nitrogens is 4. The molecule has 3 heterocycles. The summed E-state index contributed by atoms with van der Waals surface area (Å²) in [6, 6.07) is 0. The van der Waals surface area contributed by atoms with E-state index in [9.17, 15) is 14.4 Å². The number of imidazole rings is 1. The summed E-state index contributed by atoms with van der Waals surface area (Å²) in [7, 11) is 0. The Hall–Kier alpha value is -2.38. The fourth-order valence-electron chi connectivity index (χ4n) is 3.09. The molecular formula is C15H21N5O3. The summed E-state index contributed by atoms with van der Waals surface area (Å²) in [5, 5.41) is 0. The largest absolute Gasteiger partial charge is 0.343 e. The minimum Gasteiger partial charge on any atom is -0.343 e. The van der Waals surface area contributed by atoms with E-state index in [1.54, 1.807) is 4.90 Å². The third-order valence-corrected chi connectivity index (χ3v) is 4.22. The molecule has 8 nitrogen and oxygen atoms in total. The van der Waals surface area contributed by atoms with Gasteiger partial charge < -0.3 is 9.88 Å². The van der Waals surface area contributed by atoms with Gasteiger partial charge in [-0.05, 0) is 19.3 Å². The fraction of sp³-hybridized carbons (Fsp3) is 0.600. The molecule has 8 heteroatoms. The second kappa shape index (κ2) is 6.39. The number of amides is 1. The SMILES string of the molecule is CCCn1c(=O)n(CCCN2CCCC2=O)c(=O)c2[nH]cnc21. The Morgan fingerprint density at radius 1 is 1.17 bits per heavy atom. The zero-order valence-corrected chi connectivity index (χ0v) is 13.2. The van der Waals surface area contributed by atoms with Crippen molar-refractivity contribution in [1.29, 1.82) is 0 Å². The summed E-state index contributed by atoms with van der Waals surface area (Å²) in [5.41, 5.74) is 0.0925. The molecule has 0 unspecified atom stereocenters. The van der Waals surface area contributed by atoms with Gasteiger partial charge in [0.2, 0.25) is 5.91 Å². The van der Waals surface area contributed by atoms with Gasteiger partial charge in [0, 0.05) is 32.6 Å². The van der Waals surface area contributed by atoms with Gasteiger partial charge in [0.25, 0.3) is 5.56 Å². The van der Waals surface area contributed by atoms with Crippen LogP contribution in [0, 0.1) is 0 Å². The van der Waals surface area contributed by atoms with E-state index < -0.39 is 0 Å². The summed E-state index contributed by atoms with van der Waals surface area (Å²) >= 11 is 0. The van der Waals surface area contributed by atoms with E-state index in [0.29, 0.717) is 43.6 Å². The van der Waals surface area contributed by atoms with E-state index in [2.05, 4.69) is 9.97 Å². The lowest BCUT2D eigenvalue weighted by Gasteiger charge is -2.16. The first-order valence-corrected chi connectivity index (χ1v) is 8.08. The number of aryl methyl sites for hydroxylation is 1. The molecule has 1 amide bonds. The van der Waals surface area contributed by atoms with Gasteiger partial charge >= 0.3 is 5.69 Å². The van der Waals surface area contributed by atoms with Gasteiger partial charge in [-0.1, -0.05) is 6.92 Å². The Morgan fingerprint density at radius 2 is 2.00 bits per heavy atom. The van der Waals surface area contributed by atoms with Crippen molar-refractivity contribution in [3.63, 3.8) is 0 Å². The van der Waals surface area contributed by atoms with Crippen molar-refractivity contribution < 1.29 is 4.79 Å². The molecule has 0 radical (unpaired) electrons. The number of rotatable bonds is 6. The fourth-order valence-corrected chi connectivity index (χ4v) is 3.09. The quantitative estimate of drug-likeness (QED) is 0.829. The Labute approximate surface area is 132 Å². The van der Waals surface area contributed by atoms with E-state index in [0.717, 1.165) is 19.4 Å². The highest BCUT2D eigenvalue weighted by atomic mass is 16.2. The maximum Gasteiger partial charge on any atom is 0.332 e. The highest BCUT2D eigenvalue weighted by molar-refractivity contribution is 5.78. The van der Waals surface area contributed by atoms with Gasteiger partial charge in [-0.2, -0.15) is 0 Å². The number of carbonyl (C=O) groups excluding carboxylic acids is 1. The summed E-state index contributed by atoms with van der Waals surface area (Å²) < 4.78 is 2.78. The standard InChI is InChI=1S/C15H21N5O3/c1-2-6-19-13-12(16-10-17-13)14(22)20(15(19)23)9-4-8-18-7-3-5-11(18)21/h10H,2-9H2,1H3,(H,16,17). The summed E-state index contributed by atoms with van der Waals surface area (Å²) in [4.78, 5) is 45.4. The molecule has 0 aromatic carbocycles. The third-order valence-electron chi connectivity index (χ3n) is 4.22. The molecule has 0 spiro atoms. The molecule has 23 heavy (non-hydrogen) atoms. The monoisotopic (exact) mass is 319 g/mol. The lowest BCUT2D eigenvalue weighted by Crippen LogP contribution is -2.41. The van der Waals surface area contributed by atoms with Crippen LogP contribution in [-0.4, -0.2) is 43.0 Å². The number of carbonyl (C=O) groups is 1. The Bertz CT molecular complexity index is 832. The van der Waals surface area contributed by atoms with Gasteiger partial charge in [-0.25, -0.2) is 9.78 Å². The molecule has 1 aliphatic rings. The molecule has 124 valence electrons. The smallest absolute Gasteiger partial charge is 0.332 e. The molecule has 2 aromatic rings. The normalized spacial score (nSPS) is 15.0. The van der Waals surface area contributed by atoms with Crippen molar-refractivity contribution in [1.82, 2.24) is 24.0 Å². The maximum atomic E-state index is 12.6. The molecule has 0 bridgehead atoms. The van der Waals surface area contributed by atoms with Crippen molar-refractivity contribution >= 4 is 17.1 Å². The van der Waals surface area contributed by atoms with Gasteiger partial charge in [-0.15, -0.1) is 0 Å². The van der Waals surface area contributed by atoms with Crippen LogP contribution >= 0.6 is 0 Å². The van der Waals surface area contributed by atoms with Crippen molar-refractivity contribution in [3.8, 4) is 0 Å². The number of hydrogen-bond donors (Lipinski definition) is 1. The number of aromatic amines is 1. The van der Waals surface area contributed by atoms with Crippen molar-refractivity contribution in [2.75, 3.05) is 13.1 Å². The van der Waals surface area contributed by atoms with Gasteiger partial charge in [0.1, 0.15) is 5.52 Å². The first-order chi connectivity index (χ1) is 11.1. The van der Waals surface area contributed by atoms with Crippen LogP contribution in [0.25, 0.3) is 11.2 Å². The number of nitrogens with one attached hydrogen (secondary N) is 1. The van der Waals surface area contributed by atoms with Crippen LogP contribution in [0.2, 0.25) is 0 Å². The first kappa shape index (κ1) is 15.5. The molecule has 0 atom stereocenters. The molecule has 1 saturated heterocycles. The average molecular weight is 319 g/mol. The zero-order chi connectivity index (χ0) is 16.4. The van der Waals surface area contributed by atoms with Crippen LogP contribution in [0.4, 0.5) is 0 Å². The predicted octanol–water partition coefficient (Wildman–Crippen LogP) is 0.309. The number of fused-ring (bicyclic) bond motifs is 1. The number of nitrogens with zero attached hydrogens (tertiary/aromatic N) is 4. The molecule has 1 fully saturated rings. The Morgan fingerprint density at radius 3 is 2.70 bits per heavy atom. The van der Waals surface area contributed by atoms with E-state index in [-0.39, 0.29) is 17.2 Å². The van der Waals surface area contributed by atoms with Gasteiger partial charge in [-0.3, -0.25) is 18.7 Å². The lowest BCUT2D eigenvalue weighted by atomic mass is 10.3. The van der Waals surface area contributed by atoms with Crippen LogP contribution in [0.15, 0.2) is 15.9 Å². The first-order valence-electron chi connectivity index (χ1n) is 8.08. The second-order valence-corrected chi connectivity index (χ2v) is 5.83. The minimum absolute atomic E-state index is 0.157. The van der Waals surface area contributed by atoms with Crippen LogP contribution < -0.4 is 11.2 Å². The number of hydrogen-bond acceptors (Lipinski definition) is 4. The Kier molecular flexibility index (Phi) is 4.31. The summed E-state index contributed by atoms with van der Waals surface area (Å²) in [6.07, 6.45) is 4.30. The molecule has 2 aromatic heterocycles. The minimum atomic E-state index is -0.345. The van der Waals surface area contributed by atoms with Crippen molar-refractivity contribution in [2.45, 2.75) is 45.7 Å². The summed E-state index contributed by atoms with van der Waals surface area (Å²) in [6.45, 7) is 4.15. The highest BCUT2D eigenvalue weighted by Gasteiger charge is 2.20. The van der Waals surface area contributed by atoms with E-state index in [1.807, 2.05) is 6.92 Å². The lowest BCUT2D eigenvalue weighted by molar-refractivity contribution is -0.127. The molecule has 1 N–H and O–H groups in total. The third kappa shape index (κ3) is 2.80. The predicted molar refractivity (Wildman–Crippen MR) is 85.3 cm³/mol. The van der Waals surface area contributed by atoms with E-state index in [1.165, 1.54) is 15.5 Å². The topological polar surface area (TPSA) is 93.0 Å². The molecule has 0 saturated carbocycles. The van der Waals surface area contributed by atoms with Crippen molar-refractivity contribution in [3.05, 3.63) is 27.2 Å².